The second-order valence-electron chi connectivity index (χ2n) is 5.68. The monoisotopic (exact) mass is 371 g/mol. The predicted octanol–water partition coefficient (Wildman–Crippen LogP) is 3.31. The number of halogens is 1. The molecule has 0 N–H and O–H groups in total. The van der Waals surface area contributed by atoms with Crippen LogP contribution in [0.4, 0.5) is 0 Å². The molecule has 0 bridgehead atoms. The standard InChI is InChI=1S/C17H22ClNO4S/c1-3-23-16(20)11-10-14-8-4-5-12-19(14)24(21,22)17-13(2)7-6-9-15(17)18/h6-7,9-11,14H,3-5,8,12H2,1-2H3/b11-10+. The van der Waals surface area contributed by atoms with Crippen LogP contribution >= 0.6 is 11.6 Å². The molecule has 0 saturated carbocycles. The summed E-state index contributed by atoms with van der Waals surface area (Å²) in [5.41, 5.74) is 0.612. The molecule has 7 heteroatoms. The molecule has 132 valence electrons. The topological polar surface area (TPSA) is 63.7 Å². The van der Waals surface area contributed by atoms with E-state index in [2.05, 4.69) is 0 Å². The van der Waals surface area contributed by atoms with Gasteiger partial charge in [0, 0.05) is 18.7 Å². The Bertz CT molecular complexity index is 710. The number of rotatable bonds is 5. The van der Waals surface area contributed by atoms with Gasteiger partial charge >= 0.3 is 5.97 Å². The number of carbonyl (C=O) groups excluding carboxylic acids is 1. The van der Waals surface area contributed by atoms with Crippen molar-refractivity contribution in [2.75, 3.05) is 13.2 Å². The zero-order chi connectivity index (χ0) is 17.7. The number of carbonyl (C=O) groups is 1. The van der Waals surface area contributed by atoms with E-state index in [0.717, 1.165) is 12.8 Å². The lowest BCUT2D eigenvalue weighted by Crippen LogP contribution is -2.43. The fraction of sp³-hybridized carbons (Fsp3) is 0.471. The lowest BCUT2D eigenvalue weighted by molar-refractivity contribution is -0.137. The molecule has 1 fully saturated rings. The molecule has 0 aliphatic carbocycles. The van der Waals surface area contributed by atoms with Crippen molar-refractivity contribution < 1.29 is 17.9 Å². The van der Waals surface area contributed by atoms with Gasteiger partial charge in [-0.2, -0.15) is 4.31 Å². The number of ether oxygens (including phenoxy) is 1. The fourth-order valence-corrected chi connectivity index (χ4v) is 5.30. The van der Waals surface area contributed by atoms with Crippen molar-refractivity contribution in [3.63, 3.8) is 0 Å². The molecule has 0 amide bonds. The van der Waals surface area contributed by atoms with Gasteiger partial charge in [-0.1, -0.05) is 36.2 Å². The van der Waals surface area contributed by atoms with Crippen molar-refractivity contribution >= 4 is 27.6 Å². The highest BCUT2D eigenvalue weighted by Gasteiger charge is 2.34. The van der Waals surface area contributed by atoms with Crippen LogP contribution in [0.3, 0.4) is 0 Å². The first kappa shape index (κ1) is 19.0. The van der Waals surface area contributed by atoms with Crippen molar-refractivity contribution in [3.8, 4) is 0 Å². The first-order chi connectivity index (χ1) is 11.4. The maximum absolute atomic E-state index is 13.1. The molecule has 1 aliphatic heterocycles. The van der Waals surface area contributed by atoms with Crippen molar-refractivity contribution in [3.05, 3.63) is 40.9 Å². The molecule has 1 saturated heterocycles. The van der Waals surface area contributed by atoms with Gasteiger partial charge in [-0.05, 0) is 38.3 Å². The molecule has 1 aromatic carbocycles. The van der Waals surface area contributed by atoms with Gasteiger partial charge in [-0.3, -0.25) is 0 Å². The van der Waals surface area contributed by atoms with Gasteiger partial charge < -0.3 is 4.74 Å². The summed E-state index contributed by atoms with van der Waals surface area (Å²) < 4.78 is 32.5. The molecule has 0 radical (unpaired) electrons. The van der Waals surface area contributed by atoms with E-state index in [1.165, 1.54) is 10.4 Å². The minimum Gasteiger partial charge on any atom is -0.463 e. The number of nitrogens with zero attached hydrogens (tertiary/aromatic N) is 1. The second kappa shape index (κ2) is 8.14. The summed E-state index contributed by atoms with van der Waals surface area (Å²) in [6, 6.07) is 4.66. The lowest BCUT2D eigenvalue weighted by Gasteiger charge is -2.33. The van der Waals surface area contributed by atoms with E-state index in [1.54, 1.807) is 38.1 Å². The average Bonchev–Trinajstić information content (AvgIpc) is 2.53. The molecule has 24 heavy (non-hydrogen) atoms. The Kier molecular flexibility index (Phi) is 6.43. The van der Waals surface area contributed by atoms with Gasteiger partial charge in [-0.15, -0.1) is 0 Å². The third kappa shape index (κ3) is 4.18. The zero-order valence-electron chi connectivity index (χ0n) is 13.9. The van der Waals surface area contributed by atoms with E-state index in [0.29, 0.717) is 18.5 Å². The normalized spacial score (nSPS) is 19.5. The van der Waals surface area contributed by atoms with E-state index in [4.69, 9.17) is 16.3 Å². The first-order valence-corrected chi connectivity index (χ1v) is 9.81. The second-order valence-corrected chi connectivity index (χ2v) is 7.91. The number of sulfonamides is 1. The number of esters is 1. The summed E-state index contributed by atoms with van der Waals surface area (Å²) in [6.45, 7) is 4.15. The Morgan fingerprint density at radius 2 is 2.17 bits per heavy atom. The Morgan fingerprint density at radius 3 is 2.83 bits per heavy atom. The van der Waals surface area contributed by atoms with Gasteiger partial charge in [0.05, 0.1) is 11.6 Å². The smallest absolute Gasteiger partial charge is 0.330 e. The van der Waals surface area contributed by atoms with Gasteiger partial charge in [0.15, 0.2) is 0 Å². The van der Waals surface area contributed by atoms with E-state index in [-0.39, 0.29) is 22.6 Å². The maximum atomic E-state index is 13.1. The third-order valence-electron chi connectivity index (χ3n) is 3.97. The number of benzene rings is 1. The third-order valence-corrected chi connectivity index (χ3v) is 6.53. The number of piperidine rings is 1. The van der Waals surface area contributed by atoms with Crippen molar-refractivity contribution in [1.82, 2.24) is 4.31 Å². The summed E-state index contributed by atoms with van der Waals surface area (Å²) in [6.07, 6.45) is 5.28. The van der Waals surface area contributed by atoms with Crippen LogP contribution in [0.15, 0.2) is 35.2 Å². The predicted molar refractivity (Wildman–Crippen MR) is 93.5 cm³/mol. The fourth-order valence-electron chi connectivity index (χ4n) is 2.86. The van der Waals surface area contributed by atoms with E-state index >= 15 is 0 Å². The van der Waals surface area contributed by atoms with Crippen molar-refractivity contribution in [1.29, 1.82) is 0 Å². The van der Waals surface area contributed by atoms with Crippen LogP contribution in [0.1, 0.15) is 31.7 Å². The molecule has 1 atom stereocenters. The van der Waals surface area contributed by atoms with Crippen molar-refractivity contribution in [2.24, 2.45) is 0 Å². The average molecular weight is 372 g/mol. The molecular formula is C17H22ClNO4S. The number of aryl methyl sites for hydroxylation is 1. The highest BCUT2D eigenvalue weighted by molar-refractivity contribution is 7.89. The minimum atomic E-state index is -3.73. The molecule has 0 aromatic heterocycles. The molecule has 5 nitrogen and oxygen atoms in total. The maximum Gasteiger partial charge on any atom is 0.330 e. The van der Waals surface area contributed by atoms with Crippen LogP contribution < -0.4 is 0 Å². The Hall–Kier alpha value is -1.37. The molecule has 1 aliphatic rings. The van der Waals surface area contributed by atoms with E-state index < -0.39 is 16.0 Å². The zero-order valence-corrected chi connectivity index (χ0v) is 15.4. The highest BCUT2D eigenvalue weighted by Crippen LogP contribution is 2.32. The molecular weight excluding hydrogens is 350 g/mol. The minimum absolute atomic E-state index is 0.142. The molecule has 2 rings (SSSR count). The quantitative estimate of drug-likeness (QED) is 0.588. The Labute approximate surface area is 148 Å². The molecule has 1 unspecified atom stereocenters. The summed E-state index contributed by atoms with van der Waals surface area (Å²) >= 11 is 6.15. The van der Waals surface area contributed by atoms with E-state index in [9.17, 15) is 13.2 Å². The van der Waals surface area contributed by atoms with Crippen LogP contribution in [0, 0.1) is 6.92 Å². The first-order valence-electron chi connectivity index (χ1n) is 8.00. The molecule has 0 spiro atoms. The highest BCUT2D eigenvalue weighted by atomic mass is 35.5. The number of hydrogen-bond donors (Lipinski definition) is 0. The van der Waals surface area contributed by atoms with Gasteiger partial charge in [0.25, 0.3) is 0 Å². The van der Waals surface area contributed by atoms with Gasteiger partial charge in [0.2, 0.25) is 10.0 Å². The van der Waals surface area contributed by atoms with Crippen LogP contribution in [-0.2, 0) is 19.6 Å². The molecule has 1 heterocycles. The Balaban J connectivity index is 2.34. The van der Waals surface area contributed by atoms with Crippen molar-refractivity contribution in [2.45, 2.75) is 44.0 Å². The van der Waals surface area contributed by atoms with Gasteiger partial charge in [-0.25, -0.2) is 13.2 Å². The summed E-state index contributed by atoms with van der Waals surface area (Å²) in [5, 5.41) is 0.216. The largest absolute Gasteiger partial charge is 0.463 e. The van der Waals surface area contributed by atoms with Crippen LogP contribution in [0.5, 0.6) is 0 Å². The summed E-state index contributed by atoms with van der Waals surface area (Å²) in [5.74, 6) is -0.464. The van der Waals surface area contributed by atoms with Crippen LogP contribution in [0.2, 0.25) is 5.02 Å². The SMILES string of the molecule is CCOC(=O)/C=C/C1CCCCN1S(=O)(=O)c1c(C)cccc1Cl. The van der Waals surface area contributed by atoms with Crippen LogP contribution in [0.25, 0.3) is 0 Å². The number of hydrogen-bond acceptors (Lipinski definition) is 4. The lowest BCUT2D eigenvalue weighted by atomic mass is 10.0. The summed E-state index contributed by atoms with van der Waals surface area (Å²) in [4.78, 5) is 11.7. The Morgan fingerprint density at radius 1 is 1.42 bits per heavy atom. The van der Waals surface area contributed by atoms with Gasteiger partial charge in [0.1, 0.15) is 4.90 Å². The molecule has 1 aromatic rings. The van der Waals surface area contributed by atoms with Crippen LogP contribution in [-0.4, -0.2) is 37.9 Å². The van der Waals surface area contributed by atoms with E-state index in [1.807, 2.05) is 0 Å². The summed E-state index contributed by atoms with van der Waals surface area (Å²) in [7, 11) is -3.73.